The molecule has 0 bridgehead atoms. The summed E-state index contributed by atoms with van der Waals surface area (Å²) in [6, 6.07) is 0. The molecule has 3 N–H and O–H groups in total. The Morgan fingerprint density at radius 3 is 0.921 bits per heavy atom. The molecule has 0 aromatic heterocycles. The zero-order valence-electron chi connectivity index (χ0n) is 58.2. The van der Waals surface area contributed by atoms with Gasteiger partial charge < -0.3 is 20.1 Å². The van der Waals surface area contributed by atoms with Crippen LogP contribution in [0.1, 0.15) is 361 Å². The maximum atomic E-state index is 12.8. The molecule has 9 nitrogen and oxygen atoms in total. The molecule has 0 aliphatic rings. The van der Waals surface area contributed by atoms with Crippen LogP contribution in [0, 0.1) is 0 Å². The van der Waals surface area contributed by atoms with Gasteiger partial charge in [0.15, 0.2) is 6.10 Å². The van der Waals surface area contributed by atoms with Crippen molar-refractivity contribution >= 4 is 19.8 Å². The number of hydrogen-bond acceptors (Lipinski definition) is 8. The Balaban J connectivity index is 3.83. The van der Waals surface area contributed by atoms with Crippen LogP contribution in [0.2, 0.25) is 0 Å². The molecule has 0 radical (unpaired) electrons. The highest BCUT2D eigenvalue weighted by Crippen LogP contribution is 2.43. The number of esters is 2. The standard InChI is InChI=1S/C79H142NO8P/c1-3-5-7-9-11-13-15-17-19-21-23-25-27-29-31-32-33-34-35-36-37-38-39-40-41-42-43-44-46-48-50-52-54-56-58-60-62-64-66-68-70-72-79(82)88-77(76-87-89(83,84)86-74-73-80)75-85-78(81)71-69-67-65-63-61-59-57-55-53-51-49-47-45-30-28-26-24-22-20-18-16-14-12-10-8-6-4-2/h5,7,11,13,17,19,23,25,29,31,33-34,36-37,39-40,77H,3-4,6,8-10,12,14-16,18,20-22,24,26-28,30,32,35,38,41-76,80H2,1-2H3,(H,83,84)/b7-5-,13-11-,19-17-,25-23-,31-29-,34-33-,37-36-,40-39-. The van der Waals surface area contributed by atoms with E-state index in [-0.39, 0.29) is 38.6 Å². The van der Waals surface area contributed by atoms with Gasteiger partial charge in [-0.05, 0) is 77.0 Å². The molecule has 0 fully saturated rings. The highest BCUT2D eigenvalue weighted by atomic mass is 31.2. The second kappa shape index (κ2) is 74.0. The zero-order valence-corrected chi connectivity index (χ0v) is 59.1. The number of unbranched alkanes of at least 4 members (excludes halogenated alkanes) is 42. The Labute approximate surface area is 550 Å². The van der Waals surface area contributed by atoms with Gasteiger partial charge in [-0.3, -0.25) is 18.6 Å². The minimum Gasteiger partial charge on any atom is -0.462 e. The smallest absolute Gasteiger partial charge is 0.462 e. The lowest BCUT2D eigenvalue weighted by atomic mass is 10.0. The van der Waals surface area contributed by atoms with Gasteiger partial charge in [-0.1, -0.05) is 368 Å². The Morgan fingerprint density at radius 2 is 0.618 bits per heavy atom. The van der Waals surface area contributed by atoms with Gasteiger partial charge in [0.1, 0.15) is 6.61 Å². The van der Waals surface area contributed by atoms with Crippen molar-refractivity contribution in [2.75, 3.05) is 26.4 Å². The Bertz CT molecular complexity index is 1780. The van der Waals surface area contributed by atoms with Gasteiger partial charge in [-0.2, -0.15) is 0 Å². The molecule has 0 aromatic carbocycles. The molecule has 0 aromatic rings. The predicted molar refractivity (Wildman–Crippen MR) is 385 cm³/mol. The van der Waals surface area contributed by atoms with Crippen LogP contribution in [-0.4, -0.2) is 49.3 Å². The molecule has 516 valence electrons. The normalized spacial score (nSPS) is 13.4. The summed E-state index contributed by atoms with van der Waals surface area (Å²) < 4.78 is 33.2. The lowest BCUT2D eigenvalue weighted by molar-refractivity contribution is -0.161. The SMILES string of the molecule is CC/C=C\C/C=C\C/C=C\C/C=C\C/C=C\C/C=C\C/C=C\C/C=C\CCCCCCCCCCCCCCCCCCC(=O)OC(COC(=O)CCCCCCCCCCCCCCCCCCCCCCCCCCCCC)COP(=O)(O)OCCN. The molecule has 10 heteroatoms. The summed E-state index contributed by atoms with van der Waals surface area (Å²) in [4.78, 5) is 35.4. The zero-order chi connectivity index (χ0) is 64.4. The third-order valence-electron chi connectivity index (χ3n) is 16.5. The molecule has 0 spiro atoms. The summed E-state index contributed by atoms with van der Waals surface area (Å²) >= 11 is 0. The molecule has 0 aliphatic heterocycles. The first-order chi connectivity index (χ1) is 43.8. The fourth-order valence-electron chi connectivity index (χ4n) is 11.0. The average molecular weight is 1260 g/mol. The van der Waals surface area contributed by atoms with Crippen molar-refractivity contribution in [2.24, 2.45) is 5.73 Å². The van der Waals surface area contributed by atoms with Crippen LogP contribution in [0.5, 0.6) is 0 Å². The van der Waals surface area contributed by atoms with Crippen LogP contribution >= 0.6 is 7.82 Å². The number of rotatable bonds is 71. The van der Waals surface area contributed by atoms with Crippen LogP contribution < -0.4 is 5.73 Å². The third kappa shape index (κ3) is 73.9. The largest absolute Gasteiger partial charge is 0.472 e. The van der Waals surface area contributed by atoms with E-state index in [0.717, 1.165) is 89.9 Å². The predicted octanol–water partition coefficient (Wildman–Crippen LogP) is 25.1. The van der Waals surface area contributed by atoms with Crippen LogP contribution in [0.25, 0.3) is 0 Å². The van der Waals surface area contributed by atoms with E-state index >= 15 is 0 Å². The highest BCUT2D eigenvalue weighted by Gasteiger charge is 2.26. The van der Waals surface area contributed by atoms with Crippen LogP contribution in [-0.2, 0) is 32.7 Å². The third-order valence-corrected chi connectivity index (χ3v) is 17.5. The van der Waals surface area contributed by atoms with Gasteiger partial charge in [-0.15, -0.1) is 0 Å². The van der Waals surface area contributed by atoms with Gasteiger partial charge in [0.2, 0.25) is 0 Å². The van der Waals surface area contributed by atoms with E-state index in [2.05, 4.69) is 111 Å². The number of nitrogens with two attached hydrogens (primary N) is 1. The fourth-order valence-corrected chi connectivity index (χ4v) is 11.7. The van der Waals surface area contributed by atoms with E-state index in [1.807, 2.05) is 0 Å². The molecular weight excluding hydrogens is 1120 g/mol. The van der Waals surface area contributed by atoms with Crippen molar-refractivity contribution < 1.29 is 37.6 Å². The maximum Gasteiger partial charge on any atom is 0.472 e. The number of phosphoric ester groups is 1. The van der Waals surface area contributed by atoms with Crippen molar-refractivity contribution in [1.29, 1.82) is 0 Å². The van der Waals surface area contributed by atoms with Gasteiger partial charge in [0.25, 0.3) is 0 Å². The molecule has 0 saturated heterocycles. The molecule has 2 atom stereocenters. The molecule has 0 heterocycles. The van der Waals surface area contributed by atoms with Crippen LogP contribution in [0.15, 0.2) is 97.2 Å². The molecule has 0 amide bonds. The molecular formula is C79H142NO8P. The molecule has 2 unspecified atom stereocenters. The fraction of sp³-hybridized carbons (Fsp3) is 0.772. The Kier molecular flexibility index (Phi) is 71.4. The van der Waals surface area contributed by atoms with Crippen LogP contribution in [0.3, 0.4) is 0 Å². The van der Waals surface area contributed by atoms with Gasteiger partial charge in [0.05, 0.1) is 13.2 Å². The second-order valence-corrected chi connectivity index (χ2v) is 26.6. The van der Waals surface area contributed by atoms with E-state index in [1.54, 1.807) is 0 Å². The van der Waals surface area contributed by atoms with Crippen LogP contribution in [0.4, 0.5) is 0 Å². The highest BCUT2D eigenvalue weighted by molar-refractivity contribution is 7.47. The van der Waals surface area contributed by atoms with Gasteiger partial charge >= 0.3 is 19.8 Å². The van der Waals surface area contributed by atoms with E-state index < -0.39 is 26.5 Å². The maximum absolute atomic E-state index is 12.8. The van der Waals surface area contributed by atoms with Crippen molar-refractivity contribution in [3.05, 3.63) is 97.2 Å². The van der Waals surface area contributed by atoms with Crippen molar-refractivity contribution in [2.45, 2.75) is 367 Å². The summed E-state index contributed by atoms with van der Waals surface area (Å²) in [5, 5.41) is 0. The average Bonchev–Trinajstić information content (AvgIpc) is 3.58. The number of ether oxygens (including phenoxy) is 2. The molecule has 0 aliphatic carbocycles. The Morgan fingerprint density at radius 1 is 0.348 bits per heavy atom. The topological polar surface area (TPSA) is 134 Å². The number of allylic oxidation sites excluding steroid dienone is 16. The van der Waals surface area contributed by atoms with Gasteiger partial charge in [-0.25, -0.2) is 4.57 Å². The molecule has 0 rings (SSSR count). The van der Waals surface area contributed by atoms with Crippen molar-refractivity contribution in [3.8, 4) is 0 Å². The first-order valence-electron chi connectivity index (χ1n) is 37.7. The first-order valence-corrected chi connectivity index (χ1v) is 39.2. The number of carbonyl (C=O) groups excluding carboxylic acids is 2. The summed E-state index contributed by atoms with van der Waals surface area (Å²) in [6.45, 7) is 3.69. The monoisotopic (exact) mass is 1260 g/mol. The number of hydrogen-bond donors (Lipinski definition) is 2. The van der Waals surface area contributed by atoms with Gasteiger partial charge in [0, 0.05) is 19.4 Å². The minimum absolute atomic E-state index is 0.0531. The van der Waals surface area contributed by atoms with E-state index in [1.165, 1.54) is 238 Å². The number of phosphoric acid groups is 1. The van der Waals surface area contributed by atoms with E-state index in [0.29, 0.717) is 6.42 Å². The molecule has 89 heavy (non-hydrogen) atoms. The van der Waals surface area contributed by atoms with E-state index in [4.69, 9.17) is 24.3 Å². The first kappa shape index (κ1) is 85.9. The van der Waals surface area contributed by atoms with E-state index in [9.17, 15) is 19.0 Å². The molecule has 0 saturated carbocycles. The van der Waals surface area contributed by atoms with Crippen molar-refractivity contribution in [1.82, 2.24) is 0 Å². The number of carbonyl (C=O) groups is 2. The summed E-state index contributed by atoms with van der Waals surface area (Å²) in [5.74, 6) is -0.811. The summed E-state index contributed by atoms with van der Waals surface area (Å²) in [6.07, 6.45) is 101. The quantitative estimate of drug-likeness (QED) is 0.0264. The lowest BCUT2D eigenvalue weighted by Gasteiger charge is -2.19. The Hall–Kier alpha value is -3.07. The summed E-state index contributed by atoms with van der Waals surface area (Å²) in [5.41, 5.74) is 5.41. The minimum atomic E-state index is -4.40. The lowest BCUT2D eigenvalue weighted by Crippen LogP contribution is -2.29. The second-order valence-electron chi connectivity index (χ2n) is 25.1. The summed E-state index contributed by atoms with van der Waals surface area (Å²) in [7, 11) is -4.40. The van der Waals surface area contributed by atoms with Crippen molar-refractivity contribution in [3.63, 3.8) is 0 Å².